The molecule has 2 aliphatic rings. The number of nitrogens with one attached hydrogen (secondary N) is 1. The van der Waals surface area contributed by atoms with Gasteiger partial charge in [-0.25, -0.2) is 8.42 Å². The minimum absolute atomic E-state index is 0.0394. The molecule has 198 valence electrons. The van der Waals surface area contributed by atoms with E-state index in [0.29, 0.717) is 23.4 Å². The number of piperidine rings is 1. The van der Waals surface area contributed by atoms with Crippen molar-refractivity contribution in [3.8, 4) is 5.75 Å². The van der Waals surface area contributed by atoms with Crippen molar-refractivity contribution >= 4 is 45.2 Å². The van der Waals surface area contributed by atoms with Crippen LogP contribution in [0.25, 0.3) is 6.08 Å². The normalized spacial score (nSPS) is 21.7. The zero-order valence-electron chi connectivity index (χ0n) is 20.5. The van der Waals surface area contributed by atoms with Gasteiger partial charge in [0.2, 0.25) is 10.0 Å². The average Bonchev–Trinajstić information content (AvgIpc) is 3.02. The van der Waals surface area contributed by atoms with E-state index in [-0.39, 0.29) is 29.2 Å². The molecule has 2 saturated heterocycles. The van der Waals surface area contributed by atoms with E-state index in [9.17, 15) is 18.3 Å². The first kappa shape index (κ1) is 27.0. The summed E-state index contributed by atoms with van der Waals surface area (Å²) in [4.78, 5) is 13.7. The third-order valence-electron chi connectivity index (χ3n) is 6.97. The van der Waals surface area contributed by atoms with Gasteiger partial charge in [0.25, 0.3) is 0 Å². The Morgan fingerprint density at radius 1 is 1.24 bits per heavy atom. The summed E-state index contributed by atoms with van der Waals surface area (Å²) in [5.41, 5.74) is 7.04. The van der Waals surface area contributed by atoms with Gasteiger partial charge in [-0.2, -0.15) is 0 Å². The summed E-state index contributed by atoms with van der Waals surface area (Å²) in [6.07, 6.45) is 7.49. The van der Waals surface area contributed by atoms with Gasteiger partial charge in [0, 0.05) is 17.6 Å². The summed E-state index contributed by atoms with van der Waals surface area (Å²) in [7, 11) is -2.04. The van der Waals surface area contributed by atoms with Gasteiger partial charge >= 0.3 is 5.97 Å². The highest BCUT2D eigenvalue weighted by atomic mass is 35.5. The van der Waals surface area contributed by atoms with Crippen LogP contribution in [0.15, 0.2) is 48.5 Å². The van der Waals surface area contributed by atoms with Crippen LogP contribution in [0, 0.1) is 5.41 Å². The fraction of sp³-hybridized carbons (Fsp3) is 0.385. The molecule has 2 bridgehead atoms. The molecule has 2 atom stereocenters. The van der Waals surface area contributed by atoms with Crippen molar-refractivity contribution in [1.29, 1.82) is 5.41 Å². The zero-order chi connectivity index (χ0) is 26.7. The number of fused-ring (bicyclic) bond motifs is 2. The third kappa shape index (κ3) is 6.44. The predicted octanol–water partition coefficient (Wildman–Crippen LogP) is 3.56. The van der Waals surface area contributed by atoms with Crippen molar-refractivity contribution in [2.45, 2.75) is 43.9 Å². The van der Waals surface area contributed by atoms with Crippen LogP contribution in [0.4, 0.5) is 5.69 Å². The van der Waals surface area contributed by atoms with Crippen LogP contribution in [-0.2, 0) is 14.8 Å². The molecule has 0 amide bonds. The fourth-order valence-corrected chi connectivity index (χ4v) is 6.52. The Hall–Kier alpha value is -3.08. The molecular formula is C26H31ClN4O5S. The number of anilines is 1. The van der Waals surface area contributed by atoms with Crippen LogP contribution in [0.1, 0.15) is 36.8 Å². The summed E-state index contributed by atoms with van der Waals surface area (Å²) in [5, 5.41) is 17.0. The number of hydrogen-bond acceptors (Lipinski definition) is 6. The highest BCUT2D eigenvalue weighted by molar-refractivity contribution is 7.93. The Kier molecular flexibility index (Phi) is 8.11. The number of hydrogen-bond donors (Lipinski definition) is 3. The van der Waals surface area contributed by atoms with Crippen LogP contribution >= 0.6 is 11.6 Å². The Morgan fingerprint density at radius 2 is 1.95 bits per heavy atom. The van der Waals surface area contributed by atoms with Crippen LogP contribution < -0.4 is 14.8 Å². The highest BCUT2D eigenvalue weighted by Gasteiger charge is 2.39. The molecule has 0 aliphatic carbocycles. The van der Waals surface area contributed by atoms with Crippen molar-refractivity contribution in [3.05, 3.63) is 64.7 Å². The molecule has 11 heteroatoms. The van der Waals surface area contributed by atoms with Crippen molar-refractivity contribution in [3.63, 3.8) is 0 Å². The topological polar surface area (TPSA) is 137 Å². The number of benzene rings is 2. The van der Waals surface area contributed by atoms with Gasteiger partial charge in [-0.15, -0.1) is 0 Å². The number of carboxylic acids is 1. The van der Waals surface area contributed by atoms with Crippen LogP contribution in [-0.4, -0.2) is 67.8 Å². The Bertz CT molecular complexity index is 1300. The van der Waals surface area contributed by atoms with Crippen LogP contribution in [0.2, 0.25) is 5.02 Å². The molecule has 4 N–H and O–H groups in total. The van der Waals surface area contributed by atoms with Crippen molar-refractivity contribution in [1.82, 2.24) is 4.90 Å². The molecule has 37 heavy (non-hydrogen) atoms. The minimum atomic E-state index is -4.20. The molecule has 0 radical (unpaired) electrons. The molecule has 4 rings (SSSR count). The van der Waals surface area contributed by atoms with Crippen molar-refractivity contribution in [2.75, 3.05) is 23.7 Å². The second-order valence-electron chi connectivity index (χ2n) is 9.50. The van der Waals surface area contributed by atoms with Gasteiger partial charge in [0.15, 0.2) is 5.75 Å². The van der Waals surface area contributed by atoms with Gasteiger partial charge in [0.1, 0.15) is 17.7 Å². The summed E-state index contributed by atoms with van der Waals surface area (Å²) in [5.74, 6) is -2.11. The number of aliphatic carboxylic acids is 1. The molecule has 2 heterocycles. The number of sulfonamides is 1. The number of carbonyl (C=O) groups is 1. The second-order valence-corrected chi connectivity index (χ2v) is 11.8. The summed E-state index contributed by atoms with van der Waals surface area (Å²) in [6.45, 7) is -0.116. The van der Waals surface area contributed by atoms with Crippen molar-refractivity contribution < 1.29 is 23.1 Å². The summed E-state index contributed by atoms with van der Waals surface area (Å²) < 4.78 is 33.1. The van der Waals surface area contributed by atoms with E-state index < -0.39 is 21.7 Å². The lowest BCUT2D eigenvalue weighted by Gasteiger charge is -2.36. The number of nitrogen functional groups attached to an aromatic ring is 1. The quantitative estimate of drug-likeness (QED) is 0.306. The maximum atomic E-state index is 12.9. The van der Waals surface area contributed by atoms with Crippen LogP contribution in [0.5, 0.6) is 5.75 Å². The molecule has 2 fully saturated rings. The first-order chi connectivity index (χ1) is 17.5. The summed E-state index contributed by atoms with van der Waals surface area (Å²) in [6, 6.07) is 12.6. The number of carboxylic acid groups (broad SMARTS) is 1. The third-order valence-corrected chi connectivity index (χ3v) is 8.91. The molecule has 2 aliphatic heterocycles. The molecular weight excluding hydrogens is 516 g/mol. The van der Waals surface area contributed by atoms with Crippen LogP contribution in [0.3, 0.4) is 0 Å². The maximum absolute atomic E-state index is 12.9. The SMILES string of the molecule is CN1C2CCC1CC(Oc1ccc(N(C/C=C/c3cccc(C(=N)N)c3)S(=O)(=O)CC(=O)O)cc1Cl)C2. The Morgan fingerprint density at radius 3 is 2.57 bits per heavy atom. The van der Waals surface area contributed by atoms with E-state index >= 15 is 0 Å². The van der Waals surface area contributed by atoms with Gasteiger partial charge in [0.05, 0.1) is 17.3 Å². The van der Waals surface area contributed by atoms with Crippen molar-refractivity contribution in [2.24, 2.45) is 5.73 Å². The van der Waals surface area contributed by atoms with E-state index in [0.717, 1.165) is 35.6 Å². The van der Waals surface area contributed by atoms with Gasteiger partial charge in [-0.3, -0.25) is 14.5 Å². The maximum Gasteiger partial charge on any atom is 0.320 e. The molecule has 2 aromatic rings. The molecule has 0 aromatic heterocycles. The average molecular weight is 547 g/mol. The first-order valence-corrected chi connectivity index (χ1v) is 14.0. The van der Waals surface area contributed by atoms with E-state index in [2.05, 4.69) is 11.9 Å². The standard InChI is InChI=1S/C26H31ClN4O5S/c1-30-19-7-8-20(30)14-22(13-19)36-24-10-9-21(15-23(24)27)31(37(34,35)16-25(32)33)11-3-5-17-4-2-6-18(12-17)26(28)29/h2-6,9-10,12,15,19-20,22H,7-8,11,13-14,16H2,1H3,(H3,28,29)(H,32,33)/b5-3+. The number of ether oxygens (including phenoxy) is 1. The Balaban J connectivity index is 1.54. The second kappa shape index (κ2) is 11.1. The molecule has 2 unspecified atom stereocenters. The molecule has 0 spiro atoms. The first-order valence-electron chi connectivity index (χ1n) is 12.0. The number of nitrogens with two attached hydrogens (primary N) is 1. The smallest absolute Gasteiger partial charge is 0.320 e. The van der Waals surface area contributed by atoms with E-state index in [1.165, 1.54) is 6.07 Å². The van der Waals surface area contributed by atoms with E-state index in [1.807, 2.05) is 0 Å². The van der Waals surface area contributed by atoms with E-state index in [1.54, 1.807) is 48.6 Å². The zero-order valence-corrected chi connectivity index (χ0v) is 22.1. The Labute approximate surface area is 222 Å². The number of amidine groups is 1. The monoisotopic (exact) mass is 546 g/mol. The highest BCUT2D eigenvalue weighted by Crippen LogP contribution is 2.38. The predicted molar refractivity (Wildman–Crippen MR) is 145 cm³/mol. The molecule has 9 nitrogen and oxygen atoms in total. The number of halogens is 1. The van der Waals surface area contributed by atoms with Gasteiger partial charge < -0.3 is 20.5 Å². The van der Waals surface area contributed by atoms with Gasteiger partial charge in [-0.1, -0.05) is 42.0 Å². The number of rotatable bonds is 10. The van der Waals surface area contributed by atoms with Gasteiger partial charge in [-0.05, 0) is 62.6 Å². The largest absolute Gasteiger partial charge is 0.489 e. The lowest BCUT2D eigenvalue weighted by Crippen LogP contribution is -2.43. The number of nitrogens with zero attached hydrogens (tertiary/aromatic N) is 2. The van der Waals surface area contributed by atoms with E-state index in [4.69, 9.17) is 27.5 Å². The fourth-order valence-electron chi connectivity index (χ4n) is 5.09. The minimum Gasteiger partial charge on any atom is -0.489 e. The summed E-state index contributed by atoms with van der Waals surface area (Å²) >= 11 is 6.52. The molecule has 2 aromatic carbocycles. The molecule has 0 saturated carbocycles. The lowest BCUT2D eigenvalue weighted by atomic mass is 10.0. The lowest BCUT2D eigenvalue weighted by molar-refractivity contribution is -0.134.